The number of carbonyl (C=O) groups is 2. The summed E-state index contributed by atoms with van der Waals surface area (Å²) >= 11 is 1.50. The van der Waals surface area contributed by atoms with Crippen LogP contribution in [0.3, 0.4) is 0 Å². The Hall–Kier alpha value is -2.40. The van der Waals surface area contributed by atoms with Crippen molar-refractivity contribution in [1.29, 1.82) is 0 Å². The van der Waals surface area contributed by atoms with Gasteiger partial charge < -0.3 is 10.1 Å². The van der Waals surface area contributed by atoms with Crippen LogP contribution in [-0.2, 0) is 22.4 Å². The van der Waals surface area contributed by atoms with Gasteiger partial charge in [0.1, 0.15) is 5.00 Å². The van der Waals surface area contributed by atoms with Crippen LogP contribution in [0.15, 0.2) is 36.4 Å². The number of anilines is 1. The van der Waals surface area contributed by atoms with Gasteiger partial charge in [0.05, 0.1) is 12.2 Å². The van der Waals surface area contributed by atoms with Gasteiger partial charge >= 0.3 is 5.97 Å². The first kappa shape index (κ1) is 17.4. The molecule has 1 aromatic heterocycles. The second-order valence-electron chi connectivity index (χ2n) is 5.87. The summed E-state index contributed by atoms with van der Waals surface area (Å²) < 4.78 is 5.20. The summed E-state index contributed by atoms with van der Waals surface area (Å²) in [5.41, 5.74) is 2.55. The smallest absolute Gasteiger partial charge is 0.341 e. The Kier molecular flexibility index (Phi) is 5.66. The van der Waals surface area contributed by atoms with E-state index in [0.717, 1.165) is 36.8 Å². The fourth-order valence-electron chi connectivity index (χ4n) is 2.96. The maximum absolute atomic E-state index is 12.4. The normalized spacial score (nSPS) is 13.5. The van der Waals surface area contributed by atoms with Gasteiger partial charge in [0.25, 0.3) is 0 Å². The number of fused-ring (bicyclic) bond motifs is 1. The van der Waals surface area contributed by atoms with Crippen LogP contribution in [0.5, 0.6) is 0 Å². The van der Waals surface area contributed by atoms with Gasteiger partial charge in [0.2, 0.25) is 5.91 Å². The lowest BCUT2D eigenvalue weighted by molar-refractivity contribution is -0.111. The van der Waals surface area contributed by atoms with E-state index in [1.807, 2.05) is 30.3 Å². The zero-order valence-corrected chi connectivity index (χ0v) is 15.0. The average molecular weight is 355 g/mol. The summed E-state index contributed by atoms with van der Waals surface area (Å²) in [5.74, 6) is -0.586. The van der Waals surface area contributed by atoms with Gasteiger partial charge in [0, 0.05) is 11.0 Å². The number of thiophene rings is 1. The molecule has 0 aliphatic heterocycles. The van der Waals surface area contributed by atoms with E-state index < -0.39 is 0 Å². The number of amides is 1. The molecule has 0 fully saturated rings. The van der Waals surface area contributed by atoms with Crippen molar-refractivity contribution in [3.8, 4) is 0 Å². The Morgan fingerprint density at radius 1 is 1.20 bits per heavy atom. The van der Waals surface area contributed by atoms with Crippen LogP contribution in [0.1, 0.15) is 46.1 Å². The first-order valence-electron chi connectivity index (χ1n) is 8.54. The molecule has 1 aliphatic rings. The number of esters is 1. The van der Waals surface area contributed by atoms with Crippen molar-refractivity contribution < 1.29 is 14.3 Å². The lowest BCUT2D eigenvalue weighted by Gasteiger charge is -2.12. The van der Waals surface area contributed by atoms with Crippen molar-refractivity contribution in [3.05, 3.63) is 58.0 Å². The van der Waals surface area contributed by atoms with Crippen molar-refractivity contribution in [1.82, 2.24) is 0 Å². The molecule has 1 aliphatic carbocycles. The molecule has 0 saturated heterocycles. The first-order valence-corrected chi connectivity index (χ1v) is 9.36. The van der Waals surface area contributed by atoms with Gasteiger partial charge in [-0.1, -0.05) is 30.3 Å². The molecule has 4 nitrogen and oxygen atoms in total. The Morgan fingerprint density at radius 3 is 2.72 bits per heavy atom. The van der Waals surface area contributed by atoms with Crippen molar-refractivity contribution in [2.24, 2.45) is 0 Å². The number of ether oxygens (including phenoxy) is 1. The quantitative estimate of drug-likeness (QED) is 0.636. The topological polar surface area (TPSA) is 55.4 Å². The Labute approximate surface area is 151 Å². The Bertz CT molecular complexity index is 793. The molecule has 2 aromatic rings. The number of nitrogens with one attached hydrogen (secondary N) is 1. The van der Waals surface area contributed by atoms with E-state index in [4.69, 9.17) is 4.74 Å². The zero-order valence-electron chi connectivity index (χ0n) is 14.2. The number of rotatable bonds is 5. The zero-order chi connectivity index (χ0) is 17.6. The van der Waals surface area contributed by atoms with Gasteiger partial charge in [-0.2, -0.15) is 0 Å². The number of carbonyl (C=O) groups excluding carboxylic acids is 2. The SMILES string of the molecule is CCOC(=O)c1c(NC(=O)/C=C/c2ccccc2)sc2c1CCCC2. The van der Waals surface area contributed by atoms with Crippen LogP contribution in [0.2, 0.25) is 0 Å². The van der Waals surface area contributed by atoms with E-state index in [0.29, 0.717) is 17.2 Å². The Morgan fingerprint density at radius 2 is 1.96 bits per heavy atom. The molecule has 0 saturated carbocycles. The summed E-state index contributed by atoms with van der Waals surface area (Å²) in [6.07, 6.45) is 7.27. The van der Waals surface area contributed by atoms with Gasteiger partial charge in [-0.3, -0.25) is 4.79 Å². The Balaban J connectivity index is 1.81. The molecular formula is C20H21NO3S. The molecule has 25 heavy (non-hydrogen) atoms. The standard InChI is InChI=1S/C20H21NO3S/c1-2-24-20(23)18-15-10-6-7-11-16(15)25-19(18)21-17(22)13-12-14-8-4-3-5-9-14/h3-5,8-9,12-13H,2,6-7,10-11H2,1H3,(H,21,22)/b13-12+. The molecule has 1 N–H and O–H groups in total. The third-order valence-electron chi connectivity index (χ3n) is 4.11. The highest BCUT2D eigenvalue weighted by atomic mass is 32.1. The minimum atomic E-state index is -0.343. The van der Waals surface area contributed by atoms with E-state index in [1.165, 1.54) is 22.3 Å². The first-order chi connectivity index (χ1) is 12.2. The molecule has 1 aromatic carbocycles. The molecule has 0 unspecified atom stereocenters. The molecule has 0 spiro atoms. The monoisotopic (exact) mass is 355 g/mol. The molecular weight excluding hydrogens is 334 g/mol. The fourth-order valence-corrected chi connectivity index (χ4v) is 4.24. The second kappa shape index (κ2) is 8.12. The van der Waals surface area contributed by atoms with Crippen LogP contribution in [0.25, 0.3) is 6.08 Å². The van der Waals surface area contributed by atoms with E-state index in [-0.39, 0.29) is 11.9 Å². The van der Waals surface area contributed by atoms with E-state index in [1.54, 1.807) is 13.0 Å². The highest BCUT2D eigenvalue weighted by molar-refractivity contribution is 7.17. The van der Waals surface area contributed by atoms with Crippen LogP contribution in [-0.4, -0.2) is 18.5 Å². The van der Waals surface area contributed by atoms with Crippen molar-refractivity contribution in [2.45, 2.75) is 32.6 Å². The molecule has 1 amide bonds. The highest BCUT2D eigenvalue weighted by Crippen LogP contribution is 2.38. The van der Waals surface area contributed by atoms with E-state index >= 15 is 0 Å². The number of hydrogen-bond donors (Lipinski definition) is 1. The molecule has 0 bridgehead atoms. The predicted octanol–water partition coefficient (Wildman–Crippen LogP) is 4.46. The molecule has 5 heteroatoms. The van der Waals surface area contributed by atoms with Gasteiger partial charge in [-0.05, 0) is 49.8 Å². The molecule has 3 rings (SSSR count). The average Bonchev–Trinajstić information content (AvgIpc) is 2.99. The lowest BCUT2D eigenvalue weighted by atomic mass is 9.95. The van der Waals surface area contributed by atoms with Crippen molar-refractivity contribution >= 4 is 34.3 Å². The largest absolute Gasteiger partial charge is 0.462 e. The van der Waals surface area contributed by atoms with Crippen molar-refractivity contribution in [2.75, 3.05) is 11.9 Å². The lowest BCUT2D eigenvalue weighted by Crippen LogP contribution is -2.14. The number of benzene rings is 1. The number of hydrogen-bond acceptors (Lipinski definition) is 4. The van der Waals surface area contributed by atoms with Crippen LogP contribution in [0.4, 0.5) is 5.00 Å². The third-order valence-corrected chi connectivity index (χ3v) is 5.32. The van der Waals surface area contributed by atoms with Gasteiger partial charge in [-0.15, -0.1) is 11.3 Å². The van der Waals surface area contributed by atoms with E-state index in [2.05, 4.69) is 5.32 Å². The number of aryl methyl sites for hydroxylation is 1. The minimum absolute atomic E-state index is 0.243. The summed E-state index contributed by atoms with van der Waals surface area (Å²) in [4.78, 5) is 25.9. The van der Waals surface area contributed by atoms with E-state index in [9.17, 15) is 9.59 Å². The molecule has 0 radical (unpaired) electrons. The third kappa shape index (κ3) is 4.17. The summed E-state index contributed by atoms with van der Waals surface area (Å²) in [6, 6.07) is 9.63. The summed E-state index contributed by atoms with van der Waals surface area (Å²) in [5, 5.41) is 3.47. The van der Waals surface area contributed by atoms with Crippen LogP contribution >= 0.6 is 11.3 Å². The maximum atomic E-state index is 12.4. The van der Waals surface area contributed by atoms with Crippen LogP contribution < -0.4 is 5.32 Å². The predicted molar refractivity (Wildman–Crippen MR) is 101 cm³/mol. The van der Waals surface area contributed by atoms with Crippen molar-refractivity contribution in [3.63, 3.8) is 0 Å². The second-order valence-corrected chi connectivity index (χ2v) is 6.97. The van der Waals surface area contributed by atoms with Gasteiger partial charge in [-0.25, -0.2) is 4.79 Å². The minimum Gasteiger partial charge on any atom is -0.462 e. The molecule has 1 heterocycles. The maximum Gasteiger partial charge on any atom is 0.341 e. The van der Waals surface area contributed by atoms with Gasteiger partial charge in [0.15, 0.2) is 0 Å². The fraction of sp³-hybridized carbons (Fsp3) is 0.300. The highest BCUT2D eigenvalue weighted by Gasteiger charge is 2.26. The molecule has 130 valence electrons. The summed E-state index contributed by atoms with van der Waals surface area (Å²) in [6.45, 7) is 2.11. The summed E-state index contributed by atoms with van der Waals surface area (Å²) in [7, 11) is 0. The van der Waals surface area contributed by atoms with Crippen LogP contribution in [0, 0.1) is 0 Å². The molecule has 0 atom stereocenters.